The van der Waals surface area contributed by atoms with Gasteiger partial charge in [0, 0.05) is 25.2 Å². The standard InChI is InChI=1S/C15H28N2O/c18-13-17(15-9-5-2-6-10-15)12-11-16-14-7-3-1-4-8-14/h13-16H,1-12H2. The van der Waals surface area contributed by atoms with Gasteiger partial charge in [0.25, 0.3) is 0 Å². The fourth-order valence-electron chi connectivity index (χ4n) is 3.44. The average Bonchev–Trinajstić information content (AvgIpc) is 2.46. The second-order valence-electron chi connectivity index (χ2n) is 5.92. The van der Waals surface area contributed by atoms with E-state index < -0.39 is 0 Å². The van der Waals surface area contributed by atoms with Gasteiger partial charge in [-0.3, -0.25) is 4.79 Å². The van der Waals surface area contributed by atoms with E-state index in [0.29, 0.717) is 12.1 Å². The third-order valence-corrected chi connectivity index (χ3v) is 4.59. The van der Waals surface area contributed by atoms with Gasteiger partial charge in [0.2, 0.25) is 6.41 Å². The lowest BCUT2D eigenvalue weighted by Gasteiger charge is -2.32. The molecular formula is C15H28N2O. The number of nitrogens with one attached hydrogen (secondary N) is 1. The van der Waals surface area contributed by atoms with E-state index in [9.17, 15) is 4.79 Å². The maximum Gasteiger partial charge on any atom is 0.209 e. The third-order valence-electron chi connectivity index (χ3n) is 4.59. The summed E-state index contributed by atoms with van der Waals surface area (Å²) in [7, 11) is 0. The lowest BCUT2D eigenvalue weighted by Crippen LogP contribution is -2.42. The Balaban J connectivity index is 1.64. The molecule has 0 aliphatic heterocycles. The number of carbonyl (C=O) groups excluding carboxylic acids is 1. The molecule has 1 amide bonds. The van der Waals surface area contributed by atoms with Crippen molar-refractivity contribution in [2.24, 2.45) is 0 Å². The van der Waals surface area contributed by atoms with Crippen molar-refractivity contribution in [3.8, 4) is 0 Å². The fourth-order valence-corrected chi connectivity index (χ4v) is 3.44. The molecule has 0 radical (unpaired) electrons. The maximum absolute atomic E-state index is 11.2. The van der Waals surface area contributed by atoms with Crippen molar-refractivity contribution in [2.75, 3.05) is 13.1 Å². The van der Waals surface area contributed by atoms with Gasteiger partial charge in [0.15, 0.2) is 0 Å². The highest BCUT2D eigenvalue weighted by Crippen LogP contribution is 2.21. The van der Waals surface area contributed by atoms with Crippen molar-refractivity contribution >= 4 is 6.41 Å². The second-order valence-corrected chi connectivity index (χ2v) is 5.92. The van der Waals surface area contributed by atoms with Gasteiger partial charge in [0.05, 0.1) is 0 Å². The van der Waals surface area contributed by atoms with Gasteiger partial charge in [-0.1, -0.05) is 38.5 Å². The van der Waals surface area contributed by atoms with Crippen LogP contribution < -0.4 is 5.32 Å². The summed E-state index contributed by atoms with van der Waals surface area (Å²) in [5.74, 6) is 0. The second kappa shape index (κ2) is 7.78. The summed E-state index contributed by atoms with van der Waals surface area (Å²) in [6.07, 6.45) is 14.2. The van der Waals surface area contributed by atoms with Crippen molar-refractivity contribution in [1.82, 2.24) is 10.2 Å². The van der Waals surface area contributed by atoms with E-state index >= 15 is 0 Å². The number of amides is 1. The van der Waals surface area contributed by atoms with Crippen LogP contribution in [0.4, 0.5) is 0 Å². The molecule has 0 spiro atoms. The number of nitrogens with zero attached hydrogens (tertiary/aromatic N) is 1. The monoisotopic (exact) mass is 252 g/mol. The minimum absolute atomic E-state index is 0.518. The van der Waals surface area contributed by atoms with Crippen LogP contribution in [0.25, 0.3) is 0 Å². The summed E-state index contributed by atoms with van der Waals surface area (Å²) in [5, 5.41) is 3.62. The topological polar surface area (TPSA) is 32.3 Å². The molecule has 0 unspecified atom stereocenters. The Morgan fingerprint density at radius 1 is 0.944 bits per heavy atom. The first-order valence-corrected chi connectivity index (χ1v) is 7.84. The van der Waals surface area contributed by atoms with Gasteiger partial charge < -0.3 is 10.2 Å². The SMILES string of the molecule is O=CN(CCNC1CCCCC1)C1CCCCC1. The highest BCUT2D eigenvalue weighted by atomic mass is 16.1. The van der Waals surface area contributed by atoms with E-state index in [0.717, 1.165) is 19.5 Å². The van der Waals surface area contributed by atoms with Crippen molar-refractivity contribution < 1.29 is 4.79 Å². The van der Waals surface area contributed by atoms with Crippen LogP contribution in [0.2, 0.25) is 0 Å². The van der Waals surface area contributed by atoms with Crippen molar-refractivity contribution in [3.63, 3.8) is 0 Å². The van der Waals surface area contributed by atoms with E-state index in [4.69, 9.17) is 0 Å². The first kappa shape index (κ1) is 13.9. The van der Waals surface area contributed by atoms with E-state index in [1.165, 1.54) is 64.2 Å². The number of hydrogen-bond donors (Lipinski definition) is 1. The fraction of sp³-hybridized carbons (Fsp3) is 0.933. The molecule has 0 aromatic rings. The van der Waals surface area contributed by atoms with Gasteiger partial charge in [0.1, 0.15) is 0 Å². The zero-order valence-corrected chi connectivity index (χ0v) is 11.6. The molecule has 2 aliphatic rings. The van der Waals surface area contributed by atoms with Crippen LogP contribution in [0.3, 0.4) is 0 Å². The molecule has 2 aliphatic carbocycles. The van der Waals surface area contributed by atoms with E-state index in [2.05, 4.69) is 5.32 Å². The zero-order chi connectivity index (χ0) is 12.6. The number of carbonyl (C=O) groups is 1. The largest absolute Gasteiger partial charge is 0.341 e. The Morgan fingerprint density at radius 2 is 1.56 bits per heavy atom. The summed E-state index contributed by atoms with van der Waals surface area (Å²) in [6.45, 7) is 1.87. The molecule has 3 nitrogen and oxygen atoms in total. The first-order chi connectivity index (χ1) is 8.90. The van der Waals surface area contributed by atoms with Crippen LogP contribution in [0.15, 0.2) is 0 Å². The first-order valence-electron chi connectivity index (χ1n) is 7.84. The summed E-state index contributed by atoms with van der Waals surface area (Å²) in [4.78, 5) is 13.2. The lowest BCUT2D eigenvalue weighted by molar-refractivity contribution is -0.120. The number of hydrogen-bond acceptors (Lipinski definition) is 2. The Hall–Kier alpha value is -0.570. The molecule has 18 heavy (non-hydrogen) atoms. The molecule has 0 aromatic heterocycles. The molecule has 2 fully saturated rings. The van der Waals surface area contributed by atoms with Gasteiger partial charge in [-0.05, 0) is 25.7 Å². The third kappa shape index (κ3) is 4.27. The number of rotatable bonds is 6. The van der Waals surface area contributed by atoms with Crippen molar-refractivity contribution in [2.45, 2.75) is 76.3 Å². The van der Waals surface area contributed by atoms with Crippen molar-refractivity contribution in [1.29, 1.82) is 0 Å². The van der Waals surface area contributed by atoms with Crippen LogP contribution in [0, 0.1) is 0 Å². The van der Waals surface area contributed by atoms with Crippen LogP contribution in [-0.4, -0.2) is 36.5 Å². The molecule has 0 bridgehead atoms. The highest BCUT2D eigenvalue weighted by molar-refractivity contribution is 5.47. The van der Waals surface area contributed by atoms with Gasteiger partial charge in [-0.15, -0.1) is 0 Å². The summed E-state index contributed by atoms with van der Waals surface area (Å²) < 4.78 is 0. The minimum atomic E-state index is 0.518. The minimum Gasteiger partial charge on any atom is -0.341 e. The molecule has 0 atom stereocenters. The Morgan fingerprint density at radius 3 is 2.17 bits per heavy atom. The van der Waals surface area contributed by atoms with E-state index in [-0.39, 0.29) is 0 Å². The lowest BCUT2D eigenvalue weighted by atomic mass is 9.94. The molecule has 3 heteroatoms. The molecule has 2 saturated carbocycles. The van der Waals surface area contributed by atoms with Gasteiger partial charge in [-0.2, -0.15) is 0 Å². The average molecular weight is 252 g/mol. The maximum atomic E-state index is 11.2. The highest BCUT2D eigenvalue weighted by Gasteiger charge is 2.20. The zero-order valence-electron chi connectivity index (χ0n) is 11.6. The van der Waals surface area contributed by atoms with Crippen LogP contribution in [-0.2, 0) is 4.79 Å². The predicted molar refractivity (Wildman–Crippen MR) is 74.5 cm³/mol. The molecule has 0 saturated heterocycles. The molecule has 1 N–H and O–H groups in total. The van der Waals surface area contributed by atoms with Gasteiger partial charge in [-0.25, -0.2) is 0 Å². The summed E-state index contributed by atoms with van der Waals surface area (Å²) in [5.41, 5.74) is 0. The normalized spacial score (nSPS) is 22.9. The van der Waals surface area contributed by atoms with Crippen LogP contribution in [0.5, 0.6) is 0 Å². The van der Waals surface area contributed by atoms with Crippen LogP contribution >= 0.6 is 0 Å². The molecule has 0 aromatic carbocycles. The molecular weight excluding hydrogens is 224 g/mol. The predicted octanol–water partition coefficient (Wildman–Crippen LogP) is 2.70. The Kier molecular flexibility index (Phi) is 5.98. The molecule has 2 rings (SSSR count). The van der Waals surface area contributed by atoms with E-state index in [1.807, 2.05) is 4.90 Å². The van der Waals surface area contributed by atoms with Crippen molar-refractivity contribution in [3.05, 3.63) is 0 Å². The molecule has 104 valence electrons. The Bertz CT molecular complexity index is 233. The Labute approximate surface area is 111 Å². The summed E-state index contributed by atoms with van der Waals surface area (Å²) >= 11 is 0. The van der Waals surface area contributed by atoms with Gasteiger partial charge >= 0.3 is 0 Å². The van der Waals surface area contributed by atoms with E-state index in [1.54, 1.807) is 0 Å². The molecule has 0 heterocycles. The smallest absolute Gasteiger partial charge is 0.209 e. The summed E-state index contributed by atoms with van der Waals surface area (Å²) in [6, 6.07) is 1.23. The quantitative estimate of drug-likeness (QED) is 0.737. The van der Waals surface area contributed by atoms with Crippen LogP contribution in [0.1, 0.15) is 64.2 Å².